The fourth-order valence-corrected chi connectivity index (χ4v) is 5.42. The van der Waals surface area contributed by atoms with Crippen molar-refractivity contribution in [2.75, 3.05) is 13.1 Å². The maximum absolute atomic E-state index is 13.0. The molecule has 0 atom stereocenters. The molecule has 5 nitrogen and oxygen atoms in total. The largest absolute Gasteiger partial charge is 0.433 e. The Hall–Kier alpha value is -2.74. The van der Waals surface area contributed by atoms with E-state index in [9.17, 15) is 13.2 Å². The van der Waals surface area contributed by atoms with Crippen LogP contribution in [-0.4, -0.2) is 33.1 Å². The highest BCUT2D eigenvalue weighted by Gasteiger charge is 2.41. The molecule has 2 aromatic heterocycles. The number of hydrogen-bond acceptors (Lipinski definition) is 5. The minimum absolute atomic E-state index is 0.0279. The van der Waals surface area contributed by atoms with Crippen molar-refractivity contribution < 1.29 is 17.7 Å². The molecule has 0 spiro atoms. The first kappa shape index (κ1) is 23.0. The van der Waals surface area contributed by atoms with Gasteiger partial charge in [0.05, 0.1) is 12.0 Å². The molecule has 0 N–H and O–H groups in total. The second-order valence-electron chi connectivity index (χ2n) is 9.66. The highest BCUT2D eigenvalue weighted by Crippen LogP contribution is 2.45. The highest BCUT2D eigenvalue weighted by atomic mass is 19.4. The van der Waals surface area contributed by atoms with E-state index < -0.39 is 11.9 Å². The van der Waals surface area contributed by atoms with Crippen LogP contribution in [0.15, 0.2) is 47.0 Å². The first-order chi connectivity index (χ1) is 16.3. The Morgan fingerprint density at radius 3 is 2.38 bits per heavy atom. The quantitative estimate of drug-likeness (QED) is 0.456. The number of aryl methyl sites for hydroxylation is 1. The molecule has 1 aliphatic heterocycles. The van der Waals surface area contributed by atoms with Gasteiger partial charge in [0.2, 0.25) is 5.89 Å². The zero-order valence-corrected chi connectivity index (χ0v) is 19.3. The second-order valence-corrected chi connectivity index (χ2v) is 9.66. The molecule has 1 saturated heterocycles. The molecule has 0 unspecified atom stereocenters. The van der Waals surface area contributed by atoms with Crippen molar-refractivity contribution in [1.29, 1.82) is 0 Å². The molecule has 0 amide bonds. The summed E-state index contributed by atoms with van der Waals surface area (Å²) in [5.41, 5.74) is 2.00. The van der Waals surface area contributed by atoms with Gasteiger partial charge in [-0.15, -0.1) is 0 Å². The van der Waals surface area contributed by atoms with Gasteiger partial charge in [0, 0.05) is 11.6 Å². The Bertz CT molecular complexity index is 1110. The van der Waals surface area contributed by atoms with Gasteiger partial charge in [-0.2, -0.15) is 18.2 Å². The fourth-order valence-electron chi connectivity index (χ4n) is 5.42. The van der Waals surface area contributed by atoms with E-state index >= 15 is 0 Å². The van der Waals surface area contributed by atoms with Gasteiger partial charge >= 0.3 is 6.18 Å². The number of halogens is 3. The third-order valence-corrected chi connectivity index (χ3v) is 7.38. The molecular weight excluding hydrogens is 441 g/mol. The summed E-state index contributed by atoms with van der Waals surface area (Å²) in [4.78, 5) is 10.9. The van der Waals surface area contributed by atoms with Gasteiger partial charge in [0.25, 0.3) is 0 Å². The number of pyridine rings is 1. The zero-order valence-electron chi connectivity index (χ0n) is 19.3. The van der Waals surface area contributed by atoms with Gasteiger partial charge in [0.15, 0.2) is 5.82 Å². The molecule has 3 heterocycles. The third-order valence-electron chi connectivity index (χ3n) is 7.38. The van der Waals surface area contributed by atoms with Crippen molar-refractivity contribution in [3.05, 3.63) is 76.7 Å². The van der Waals surface area contributed by atoms with E-state index in [1.54, 1.807) is 6.07 Å². The maximum atomic E-state index is 13.0. The molecule has 1 aromatic carbocycles. The lowest BCUT2D eigenvalue weighted by atomic mass is 9.78. The summed E-state index contributed by atoms with van der Waals surface area (Å²) in [6.07, 6.45) is 1.42. The van der Waals surface area contributed by atoms with E-state index in [0.29, 0.717) is 18.1 Å². The average Bonchev–Trinajstić information content (AvgIpc) is 3.50. The van der Waals surface area contributed by atoms with Gasteiger partial charge < -0.3 is 4.52 Å². The monoisotopic (exact) mass is 470 g/mol. The molecule has 1 aliphatic carbocycles. The summed E-state index contributed by atoms with van der Waals surface area (Å²) in [6.45, 7) is 4.15. The van der Waals surface area contributed by atoms with E-state index in [-0.39, 0.29) is 11.3 Å². The molecule has 2 fully saturated rings. The van der Waals surface area contributed by atoms with E-state index in [0.717, 1.165) is 63.5 Å². The van der Waals surface area contributed by atoms with Gasteiger partial charge in [-0.1, -0.05) is 53.9 Å². The van der Waals surface area contributed by atoms with E-state index in [2.05, 4.69) is 46.2 Å². The highest BCUT2D eigenvalue weighted by molar-refractivity contribution is 5.35. The Morgan fingerprint density at radius 2 is 1.71 bits per heavy atom. The molecule has 2 aliphatic rings. The molecule has 3 aromatic rings. The lowest BCUT2D eigenvalue weighted by Crippen LogP contribution is -2.33. The Labute approximate surface area is 197 Å². The lowest BCUT2D eigenvalue weighted by molar-refractivity contribution is -0.141. The Kier molecular flexibility index (Phi) is 6.18. The molecule has 5 rings (SSSR count). The standard InChI is InChI=1S/C26H29F3N4O/c1-18-7-9-20(10-8-18)25(13-2-3-14-25)24-31-23(34-32-24)17-33-15-11-19(12-16-33)21-5-4-6-22(30-21)26(27,28)29/h4-10,19H,2-3,11-17H2,1H3. The van der Waals surface area contributed by atoms with Crippen LogP contribution < -0.4 is 0 Å². The molecule has 0 bridgehead atoms. The number of likely N-dealkylation sites (tertiary alicyclic amines) is 1. The number of aromatic nitrogens is 3. The Balaban J connectivity index is 1.24. The van der Waals surface area contributed by atoms with Gasteiger partial charge in [-0.3, -0.25) is 4.90 Å². The van der Waals surface area contributed by atoms with Crippen molar-refractivity contribution in [2.24, 2.45) is 0 Å². The van der Waals surface area contributed by atoms with Crippen molar-refractivity contribution in [3.63, 3.8) is 0 Å². The lowest BCUT2D eigenvalue weighted by Gasteiger charge is -2.30. The minimum Gasteiger partial charge on any atom is -0.338 e. The summed E-state index contributed by atoms with van der Waals surface area (Å²) < 4.78 is 44.7. The maximum Gasteiger partial charge on any atom is 0.433 e. The van der Waals surface area contributed by atoms with E-state index in [1.165, 1.54) is 17.2 Å². The van der Waals surface area contributed by atoms with Crippen molar-refractivity contribution >= 4 is 0 Å². The number of benzene rings is 1. The Morgan fingerprint density at radius 1 is 1.00 bits per heavy atom. The molecule has 0 radical (unpaired) electrons. The van der Waals surface area contributed by atoms with Gasteiger partial charge in [-0.05, 0) is 63.4 Å². The van der Waals surface area contributed by atoms with Crippen molar-refractivity contribution in [1.82, 2.24) is 20.0 Å². The second kappa shape index (κ2) is 9.13. The topological polar surface area (TPSA) is 55.1 Å². The van der Waals surface area contributed by atoms with Crippen LogP contribution in [-0.2, 0) is 18.1 Å². The number of alkyl halides is 3. The van der Waals surface area contributed by atoms with Crippen LogP contribution in [0.3, 0.4) is 0 Å². The average molecular weight is 471 g/mol. The SMILES string of the molecule is Cc1ccc(C2(c3noc(CN4CCC(c5cccc(C(F)(F)F)n5)CC4)n3)CCCC2)cc1. The first-order valence-corrected chi connectivity index (χ1v) is 12.0. The first-order valence-electron chi connectivity index (χ1n) is 12.0. The summed E-state index contributed by atoms with van der Waals surface area (Å²) in [5, 5.41) is 4.40. The minimum atomic E-state index is -4.42. The van der Waals surface area contributed by atoms with Crippen LogP contribution in [0, 0.1) is 6.92 Å². The summed E-state index contributed by atoms with van der Waals surface area (Å²) in [6, 6.07) is 12.8. The van der Waals surface area contributed by atoms with Crippen LogP contribution in [0.1, 0.15) is 78.7 Å². The molecule has 1 saturated carbocycles. The van der Waals surface area contributed by atoms with Crippen molar-refractivity contribution in [2.45, 2.75) is 69.5 Å². The van der Waals surface area contributed by atoms with Gasteiger partial charge in [0.1, 0.15) is 5.69 Å². The fraction of sp³-hybridized carbons (Fsp3) is 0.500. The number of rotatable bonds is 5. The summed E-state index contributed by atoms with van der Waals surface area (Å²) in [7, 11) is 0. The normalized spacial score (nSPS) is 19.5. The third kappa shape index (κ3) is 4.60. The molecule has 34 heavy (non-hydrogen) atoms. The number of nitrogens with zero attached hydrogens (tertiary/aromatic N) is 4. The van der Waals surface area contributed by atoms with Crippen LogP contribution >= 0.6 is 0 Å². The zero-order chi connectivity index (χ0) is 23.8. The molecular formula is C26H29F3N4O. The molecule has 8 heteroatoms. The van der Waals surface area contributed by atoms with E-state index in [4.69, 9.17) is 9.51 Å². The predicted octanol–water partition coefficient (Wildman–Crippen LogP) is 6.03. The van der Waals surface area contributed by atoms with Gasteiger partial charge in [-0.25, -0.2) is 4.98 Å². The predicted molar refractivity (Wildman–Crippen MR) is 121 cm³/mol. The van der Waals surface area contributed by atoms with Crippen LogP contribution in [0.2, 0.25) is 0 Å². The van der Waals surface area contributed by atoms with Crippen LogP contribution in [0.5, 0.6) is 0 Å². The van der Waals surface area contributed by atoms with Crippen LogP contribution in [0.25, 0.3) is 0 Å². The summed E-state index contributed by atoms with van der Waals surface area (Å²) in [5.74, 6) is 1.40. The van der Waals surface area contributed by atoms with E-state index in [1.807, 2.05) is 0 Å². The molecule has 180 valence electrons. The van der Waals surface area contributed by atoms with Crippen molar-refractivity contribution in [3.8, 4) is 0 Å². The number of piperidine rings is 1. The summed E-state index contributed by atoms with van der Waals surface area (Å²) >= 11 is 0. The number of hydrogen-bond donors (Lipinski definition) is 0. The van der Waals surface area contributed by atoms with Crippen LogP contribution in [0.4, 0.5) is 13.2 Å². The smallest absolute Gasteiger partial charge is 0.338 e.